The monoisotopic (exact) mass is 246 g/mol. The van der Waals surface area contributed by atoms with Gasteiger partial charge >= 0.3 is 18.0 Å². The van der Waals surface area contributed by atoms with E-state index in [1.54, 1.807) is 7.05 Å². The molecule has 2 N–H and O–H groups in total. The number of hydrogen-bond donors (Lipinski definition) is 2. The van der Waals surface area contributed by atoms with E-state index < -0.39 is 5.97 Å². The molecule has 2 amide bonds. The van der Waals surface area contributed by atoms with E-state index in [1.807, 2.05) is 0 Å². The number of hydrogen-bond acceptors (Lipinski definition) is 4. The van der Waals surface area contributed by atoms with Gasteiger partial charge in [-0.05, 0) is 6.42 Å². The van der Waals surface area contributed by atoms with E-state index >= 15 is 0 Å². The Morgan fingerprint density at radius 2 is 1.94 bits per heavy atom. The molecule has 0 saturated heterocycles. The van der Waals surface area contributed by atoms with Crippen molar-refractivity contribution in [3.63, 3.8) is 0 Å². The van der Waals surface area contributed by atoms with Crippen molar-refractivity contribution >= 4 is 18.0 Å². The molecule has 0 rings (SSSR count). The molecule has 0 heterocycles. The van der Waals surface area contributed by atoms with Gasteiger partial charge in [0.1, 0.15) is 0 Å². The van der Waals surface area contributed by atoms with Gasteiger partial charge in [-0.3, -0.25) is 9.59 Å². The van der Waals surface area contributed by atoms with Crippen LogP contribution in [0, 0.1) is 0 Å². The third-order valence-corrected chi connectivity index (χ3v) is 2.06. The highest BCUT2D eigenvalue weighted by Crippen LogP contribution is 1.93. The second-order valence-corrected chi connectivity index (χ2v) is 3.48. The molecule has 0 bridgehead atoms. The summed E-state index contributed by atoms with van der Waals surface area (Å²) in [5.41, 5.74) is 0. The molecule has 0 spiro atoms. The summed E-state index contributed by atoms with van der Waals surface area (Å²) < 4.78 is 4.41. The second-order valence-electron chi connectivity index (χ2n) is 3.48. The Morgan fingerprint density at radius 1 is 1.29 bits per heavy atom. The first kappa shape index (κ1) is 15.2. The summed E-state index contributed by atoms with van der Waals surface area (Å²) in [5.74, 6) is -1.27. The number of esters is 1. The van der Waals surface area contributed by atoms with Crippen LogP contribution in [0.25, 0.3) is 0 Å². The molecule has 0 fully saturated rings. The van der Waals surface area contributed by atoms with Gasteiger partial charge in [0.25, 0.3) is 0 Å². The maximum Gasteiger partial charge on any atom is 0.317 e. The van der Waals surface area contributed by atoms with E-state index in [0.29, 0.717) is 13.0 Å². The van der Waals surface area contributed by atoms with E-state index in [2.05, 4.69) is 10.1 Å². The standard InChI is InChI=1S/C10H18N2O5/c1-12(7-3-4-8(13)14)10(16)11-6-5-9(15)17-2/h3-7H2,1-2H3,(H,11,16)(H,13,14). The van der Waals surface area contributed by atoms with Gasteiger partial charge in [-0.15, -0.1) is 0 Å². The first-order valence-corrected chi connectivity index (χ1v) is 5.25. The number of aliphatic carboxylic acids is 1. The predicted molar refractivity (Wildman–Crippen MR) is 59.5 cm³/mol. The Balaban J connectivity index is 3.67. The molecule has 7 nitrogen and oxygen atoms in total. The topological polar surface area (TPSA) is 95.9 Å². The number of carbonyl (C=O) groups excluding carboxylic acids is 2. The van der Waals surface area contributed by atoms with E-state index in [9.17, 15) is 14.4 Å². The number of rotatable bonds is 7. The highest BCUT2D eigenvalue weighted by atomic mass is 16.5. The summed E-state index contributed by atoms with van der Waals surface area (Å²) in [6, 6.07) is -0.334. The zero-order valence-corrected chi connectivity index (χ0v) is 10.1. The third kappa shape index (κ3) is 8.06. The maximum absolute atomic E-state index is 11.4. The maximum atomic E-state index is 11.4. The molecule has 0 aromatic carbocycles. The average Bonchev–Trinajstić information content (AvgIpc) is 2.27. The van der Waals surface area contributed by atoms with Crippen LogP contribution in [0.4, 0.5) is 4.79 Å². The molecule has 0 aliphatic rings. The number of nitrogens with one attached hydrogen (secondary N) is 1. The molecule has 0 aliphatic heterocycles. The van der Waals surface area contributed by atoms with Crippen LogP contribution in [0.2, 0.25) is 0 Å². The number of nitrogens with zero attached hydrogens (tertiary/aromatic N) is 1. The number of methoxy groups -OCH3 is 1. The van der Waals surface area contributed by atoms with Crippen molar-refractivity contribution in [3.8, 4) is 0 Å². The number of carboxylic acid groups (broad SMARTS) is 1. The van der Waals surface area contributed by atoms with Crippen molar-refractivity contribution in [2.24, 2.45) is 0 Å². The molecular weight excluding hydrogens is 228 g/mol. The number of urea groups is 1. The molecule has 0 atom stereocenters. The zero-order valence-electron chi connectivity index (χ0n) is 10.1. The Kier molecular flexibility index (Phi) is 7.49. The molecule has 0 saturated carbocycles. The first-order chi connectivity index (χ1) is 7.97. The van der Waals surface area contributed by atoms with Crippen LogP contribution in [0.5, 0.6) is 0 Å². The lowest BCUT2D eigenvalue weighted by Crippen LogP contribution is -2.38. The molecule has 17 heavy (non-hydrogen) atoms. The summed E-state index contributed by atoms with van der Waals surface area (Å²) in [7, 11) is 2.84. The van der Waals surface area contributed by atoms with Crippen molar-refractivity contribution in [2.75, 3.05) is 27.2 Å². The van der Waals surface area contributed by atoms with E-state index in [4.69, 9.17) is 5.11 Å². The fraction of sp³-hybridized carbons (Fsp3) is 0.700. The summed E-state index contributed by atoms with van der Waals surface area (Å²) in [6.45, 7) is 0.561. The number of carbonyl (C=O) groups is 3. The third-order valence-electron chi connectivity index (χ3n) is 2.06. The molecule has 98 valence electrons. The fourth-order valence-corrected chi connectivity index (χ4v) is 1.08. The van der Waals surface area contributed by atoms with Gasteiger partial charge in [-0.2, -0.15) is 0 Å². The Labute approximate surface area is 99.7 Å². The molecule has 0 aromatic heterocycles. The molecule has 0 radical (unpaired) electrons. The smallest absolute Gasteiger partial charge is 0.317 e. The second kappa shape index (κ2) is 8.37. The summed E-state index contributed by atoms with van der Waals surface area (Å²) in [6.07, 6.45) is 0.543. The SMILES string of the molecule is COC(=O)CCNC(=O)N(C)CCCC(=O)O. The van der Waals surface area contributed by atoms with E-state index in [-0.39, 0.29) is 31.4 Å². The minimum absolute atomic E-state index is 0.0276. The van der Waals surface area contributed by atoms with E-state index in [1.165, 1.54) is 12.0 Å². The molecule has 7 heteroatoms. The highest BCUT2D eigenvalue weighted by Gasteiger charge is 2.09. The normalized spacial score (nSPS) is 9.53. The quantitative estimate of drug-likeness (QED) is 0.619. The fourth-order valence-electron chi connectivity index (χ4n) is 1.08. The van der Waals surface area contributed by atoms with Crippen molar-refractivity contribution in [1.82, 2.24) is 10.2 Å². The van der Waals surface area contributed by atoms with Crippen LogP contribution in [-0.4, -0.2) is 55.2 Å². The Hall–Kier alpha value is -1.79. The zero-order chi connectivity index (χ0) is 13.3. The lowest BCUT2D eigenvalue weighted by molar-refractivity contribution is -0.140. The van der Waals surface area contributed by atoms with Gasteiger partial charge in [0, 0.05) is 26.6 Å². The largest absolute Gasteiger partial charge is 0.481 e. The predicted octanol–water partition coefficient (Wildman–Crippen LogP) is 0.0557. The average molecular weight is 246 g/mol. The highest BCUT2D eigenvalue weighted by molar-refractivity contribution is 5.75. The number of ether oxygens (including phenoxy) is 1. The number of amides is 2. The Bertz CT molecular complexity index is 280. The molecule has 0 unspecified atom stereocenters. The van der Waals surface area contributed by atoms with Crippen LogP contribution in [-0.2, 0) is 14.3 Å². The minimum atomic E-state index is -0.885. The van der Waals surface area contributed by atoms with Gasteiger partial charge in [-0.1, -0.05) is 0 Å². The minimum Gasteiger partial charge on any atom is -0.481 e. The van der Waals surface area contributed by atoms with Crippen LogP contribution < -0.4 is 5.32 Å². The van der Waals surface area contributed by atoms with Gasteiger partial charge < -0.3 is 20.1 Å². The van der Waals surface area contributed by atoms with Gasteiger partial charge in [-0.25, -0.2) is 4.79 Å². The lowest BCUT2D eigenvalue weighted by atomic mass is 10.3. The Morgan fingerprint density at radius 3 is 2.47 bits per heavy atom. The molecular formula is C10H18N2O5. The molecule has 0 aliphatic carbocycles. The van der Waals surface area contributed by atoms with Gasteiger partial charge in [0.15, 0.2) is 0 Å². The van der Waals surface area contributed by atoms with Crippen molar-refractivity contribution in [2.45, 2.75) is 19.3 Å². The van der Waals surface area contributed by atoms with Crippen LogP contribution in [0.15, 0.2) is 0 Å². The van der Waals surface area contributed by atoms with Gasteiger partial charge in [0.05, 0.1) is 13.5 Å². The van der Waals surface area contributed by atoms with Crippen LogP contribution in [0.1, 0.15) is 19.3 Å². The van der Waals surface area contributed by atoms with Gasteiger partial charge in [0.2, 0.25) is 0 Å². The first-order valence-electron chi connectivity index (χ1n) is 5.25. The van der Waals surface area contributed by atoms with Crippen molar-refractivity contribution < 1.29 is 24.2 Å². The summed E-state index contributed by atoms with van der Waals surface area (Å²) >= 11 is 0. The van der Waals surface area contributed by atoms with Crippen LogP contribution >= 0.6 is 0 Å². The van der Waals surface area contributed by atoms with Crippen molar-refractivity contribution in [3.05, 3.63) is 0 Å². The molecule has 0 aromatic rings. The van der Waals surface area contributed by atoms with Crippen molar-refractivity contribution in [1.29, 1.82) is 0 Å². The summed E-state index contributed by atoms with van der Waals surface area (Å²) in [4.78, 5) is 33.8. The van der Waals surface area contributed by atoms with Crippen LogP contribution in [0.3, 0.4) is 0 Å². The van der Waals surface area contributed by atoms with E-state index in [0.717, 1.165) is 0 Å². The summed E-state index contributed by atoms with van der Waals surface area (Å²) in [5, 5.41) is 10.9. The number of carboxylic acids is 1. The lowest BCUT2D eigenvalue weighted by Gasteiger charge is -2.17.